The van der Waals surface area contributed by atoms with E-state index in [2.05, 4.69) is 18.7 Å². The van der Waals surface area contributed by atoms with Gasteiger partial charge in [-0.25, -0.2) is 12.4 Å². The minimum absolute atomic E-state index is 0.0769. The summed E-state index contributed by atoms with van der Waals surface area (Å²) in [5, 5.41) is 4.71. The molecule has 2 aliphatic rings. The molecule has 4 N–H and O–H groups in total. The number of hydrogen-bond donors (Lipinski definition) is 2. The lowest BCUT2D eigenvalue weighted by atomic mass is 9.87. The summed E-state index contributed by atoms with van der Waals surface area (Å²) in [6, 6.07) is 10.6. The molecule has 5 heterocycles. The molecule has 6 rings (SSSR count). The van der Waals surface area contributed by atoms with E-state index >= 15 is 0 Å². The van der Waals surface area contributed by atoms with Gasteiger partial charge in [-0.2, -0.15) is 5.10 Å². The van der Waals surface area contributed by atoms with Crippen LogP contribution in [0.1, 0.15) is 72.6 Å². The fourth-order valence-corrected chi connectivity index (χ4v) is 8.13. The van der Waals surface area contributed by atoms with Gasteiger partial charge in [-0.05, 0) is 87.4 Å². The first kappa shape index (κ1) is 31.1. The van der Waals surface area contributed by atoms with Crippen LogP contribution in [0, 0.1) is 13.8 Å². The van der Waals surface area contributed by atoms with E-state index in [0.29, 0.717) is 28.4 Å². The van der Waals surface area contributed by atoms with Crippen molar-refractivity contribution in [1.82, 2.24) is 23.6 Å². The SMILES string of the molecule is CCN1CCC(n2cc(-c3cn(S(=O)(=O)c4ccccc4)c(N)c3/C=C(\N)c3cc(C)c(C4CCOCC4)c(C)n3)cn2)CC1. The van der Waals surface area contributed by atoms with Crippen LogP contribution in [-0.2, 0) is 14.8 Å². The van der Waals surface area contributed by atoms with Crippen molar-refractivity contribution in [2.75, 3.05) is 38.6 Å². The molecule has 0 amide bonds. The van der Waals surface area contributed by atoms with E-state index in [1.807, 2.05) is 23.9 Å². The van der Waals surface area contributed by atoms with Crippen LogP contribution in [0.15, 0.2) is 59.9 Å². The number of nitrogen functional groups attached to an aromatic ring is 1. The molecule has 0 bridgehead atoms. The maximum absolute atomic E-state index is 13.8. The summed E-state index contributed by atoms with van der Waals surface area (Å²) in [6.45, 7) is 10.9. The number of nitrogens with two attached hydrogens (primary N) is 2. The summed E-state index contributed by atoms with van der Waals surface area (Å²) in [5.41, 5.74) is 19.7. The number of hydrogen-bond acceptors (Lipinski definition) is 8. The van der Waals surface area contributed by atoms with Crippen LogP contribution in [0.4, 0.5) is 5.82 Å². The van der Waals surface area contributed by atoms with Gasteiger partial charge in [-0.15, -0.1) is 0 Å². The maximum Gasteiger partial charge on any atom is 0.269 e. The van der Waals surface area contributed by atoms with Gasteiger partial charge in [0, 0.05) is 61.1 Å². The lowest BCUT2D eigenvalue weighted by Gasteiger charge is -2.31. The average Bonchev–Trinajstić information content (AvgIpc) is 3.67. The highest BCUT2D eigenvalue weighted by Crippen LogP contribution is 2.37. The zero-order valence-electron chi connectivity index (χ0n) is 26.3. The first-order valence-corrected chi connectivity index (χ1v) is 17.2. The minimum atomic E-state index is -3.97. The van der Waals surface area contributed by atoms with Crippen LogP contribution >= 0.6 is 0 Å². The molecule has 238 valence electrons. The summed E-state index contributed by atoms with van der Waals surface area (Å²) in [5.74, 6) is 0.490. The second-order valence-electron chi connectivity index (χ2n) is 12.1. The fourth-order valence-electron chi connectivity index (χ4n) is 6.80. The number of nitrogens with zero attached hydrogens (tertiary/aromatic N) is 5. The Bertz CT molecular complexity index is 1770. The van der Waals surface area contributed by atoms with Gasteiger partial charge in [-0.1, -0.05) is 25.1 Å². The molecule has 0 unspecified atom stereocenters. The number of piperidine rings is 1. The topological polar surface area (TPSA) is 134 Å². The zero-order valence-corrected chi connectivity index (χ0v) is 27.1. The van der Waals surface area contributed by atoms with Gasteiger partial charge in [-0.3, -0.25) is 9.67 Å². The largest absolute Gasteiger partial charge is 0.397 e. The van der Waals surface area contributed by atoms with Gasteiger partial charge < -0.3 is 21.1 Å². The average molecular weight is 630 g/mol. The highest BCUT2D eigenvalue weighted by molar-refractivity contribution is 7.90. The molecule has 1 aromatic carbocycles. The van der Waals surface area contributed by atoms with Crippen molar-refractivity contribution in [2.24, 2.45) is 5.73 Å². The van der Waals surface area contributed by atoms with Crippen molar-refractivity contribution >= 4 is 27.6 Å². The third-order valence-electron chi connectivity index (χ3n) is 9.32. The van der Waals surface area contributed by atoms with E-state index in [-0.39, 0.29) is 16.8 Å². The zero-order chi connectivity index (χ0) is 31.7. The normalized spacial score (nSPS) is 17.6. The monoisotopic (exact) mass is 629 g/mol. The Kier molecular flexibility index (Phi) is 8.85. The van der Waals surface area contributed by atoms with Crippen molar-refractivity contribution in [3.05, 3.63) is 83.1 Å². The van der Waals surface area contributed by atoms with E-state index in [1.54, 1.807) is 48.8 Å². The smallest absolute Gasteiger partial charge is 0.269 e. The molecule has 0 spiro atoms. The molecule has 45 heavy (non-hydrogen) atoms. The molecule has 2 saturated heterocycles. The fraction of sp³-hybridized carbons (Fsp3) is 0.412. The molecule has 2 fully saturated rings. The highest BCUT2D eigenvalue weighted by Gasteiger charge is 2.27. The van der Waals surface area contributed by atoms with E-state index < -0.39 is 10.0 Å². The van der Waals surface area contributed by atoms with Crippen molar-refractivity contribution in [1.29, 1.82) is 0 Å². The summed E-state index contributed by atoms with van der Waals surface area (Å²) in [7, 11) is -3.97. The quantitative estimate of drug-likeness (QED) is 0.272. The Hall–Kier alpha value is -3.93. The summed E-state index contributed by atoms with van der Waals surface area (Å²) in [4.78, 5) is 7.49. The molecule has 0 aliphatic carbocycles. The van der Waals surface area contributed by atoms with Crippen LogP contribution in [0.3, 0.4) is 0 Å². The number of likely N-dealkylation sites (tertiary alicyclic amines) is 1. The van der Waals surface area contributed by atoms with Crippen LogP contribution < -0.4 is 11.5 Å². The summed E-state index contributed by atoms with van der Waals surface area (Å²) < 4.78 is 36.3. The van der Waals surface area contributed by atoms with Gasteiger partial charge in [0.15, 0.2) is 0 Å². The third kappa shape index (κ3) is 6.16. The van der Waals surface area contributed by atoms with Gasteiger partial charge in [0.1, 0.15) is 5.82 Å². The van der Waals surface area contributed by atoms with Gasteiger partial charge in [0.05, 0.1) is 28.5 Å². The molecule has 2 aliphatic heterocycles. The lowest BCUT2D eigenvalue weighted by Crippen LogP contribution is -2.34. The summed E-state index contributed by atoms with van der Waals surface area (Å²) in [6.07, 6.45) is 11.1. The van der Waals surface area contributed by atoms with Crippen molar-refractivity contribution < 1.29 is 13.2 Å². The van der Waals surface area contributed by atoms with E-state index in [0.717, 1.165) is 79.3 Å². The molecule has 0 saturated carbocycles. The Morgan fingerprint density at radius 3 is 2.44 bits per heavy atom. The minimum Gasteiger partial charge on any atom is -0.397 e. The number of aromatic nitrogens is 4. The number of pyridine rings is 1. The molecule has 11 heteroatoms. The Balaban J connectivity index is 1.41. The van der Waals surface area contributed by atoms with E-state index in [1.165, 1.54) is 5.56 Å². The Morgan fingerprint density at radius 2 is 1.78 bits per heavy atom. The molecular formula is C34H43N7O3S. The van der Waals surface area contributed by atoms with E-state index in [9.17, 15) is 8.42 Å². The van der Waals surface area contributed by atoms with Gasteiger partial charge in [0.25, 0.3) is 10.0 Å². The van der Waals surface area contributed by atoms with Crippen molar-refractivity contribution in [3.63, 3.8) is 0 Å². The third-order valence-corrected chi connectivity index (χ3v) is 11.0. The van der Waals surface area contributed by atoms with Crippen LogP contribution in [0.5, 0.6) is 0 Å². The second kappa shape index (κ2) is 12.8. The van der Waals surface area contributed by atoms with Crippen LogP contribution in [0.25, 0.3) is 22.9 Å². The predicted octanol–water partition coefficient (Wildman–Crippen LogP) is 5.19. The molecule has 4 aromatic rings. The van der Waals surface area contributed by atoms with Crippen molar-refractivity contribution in [2.45, 2.75) is 63.3 Å². The molecule has 10 nitrogen and oxygen atoms in total. The summed E-state index contributed by atoms with van der Waals surface area (Å²) >= 11 is 0. The first-order valence-electron chi connectivity index (χ1n) is 15.8. The van der Waals surface area contributed by atoms with Crippen molar-refractivity contribution in [3.8, 4) is 11.1 Å². The predicted molar refractivity (Wildman–Crippen MR) is 178 cm³/mol. The Labute approximate surface area is 265 Å². The number of ether oxygens (including phenoxy) is 1. The van der Waals surface area contributed by atoms with E-state index in [4.69, 9.17) is 26.3 Å². The Morgan fingerprint density at radius 1 is 1.07 bits per heavy atom. The number of aryl methyl sites for hydroxylation is 2. The van der Waals surface area contributed by atoms with Crippen LogP contribution in [0.2, 0.25) is 0 Å². The molecular weight excluding hydrogens is 586 g/mol. The maximum atomic E-state index is 13.8. The van der Waals surface area contributed by atoms with Gasteiger partial charge >= 0.3 is 0 Å². The number of anilines is 1. The second-order valence-corrected chi connectivity index (χ2v) is 14.0. The first-order chi connectivity index (χ1) is 21.7. The van der Waals surface area contributed by atoms with Crippen LogP contribution in [-0.4, -0.2) is 64.9 Å². The molecule has 3 aromatic heterocycles. The number of rotatable bonds is 8. The lowest BCUT2D eigenvalue weighted by molar-refractivity contribution is 0.0850. The highest BCUT2D eigenvalue weighted by atomic mass is 32.2. The molecule has 0 atom stereocenters. The van der Waals surface area contributed by atoms with Gasteiger partial charge in [0.2, 0.25) is 0 Å². The molecule has 0 radical (unpaired) electrons. The standard InChI is InChI=1S/C34H43N7O3S/c1-4-39-14-10-27(11-15-39)40-21-26(20-37-40)30-22-41(45(42,43)28-8-6-5-7-9-28)34(36)29(30)19-31(35)32-18-23(2)33(24(3)38-32)25-12-16-44-17-13-25/h5-9,18-22,25,27H,4,10-17,35-36H2,1-3H3/b31-19-. The number of benzene rings is 1.